The molecule has 2 aliphatic rings. The van der Waals surface area contributed by atoms with Gasteiger partial charge in [0.15, 0.2) is 0 Å². The molecule has 1 aromatic carbocycles. The maximum atomic E-state index is 12.7. The third kappa shape index (κ3) is 4.01. The average molecular weight is 402 g/mol. The van der Waals surface area contributed by atoms with Gasteiger partial charge in [0, 0.05) is 49.2 Å². The van der Waals surface area contributed by atoms with Crippen LogP contribution in [0.1, 0.15) is 6.42 Å². The largest absolute Gasteiger partial charge is 0.471 e. The second kappa shape index (κ2) is 8.02. The van der Waals surface area contributed by atoms with E-state index in [1.54, 1.807) is 51.5 Å². The molecule has 2 aromatic rings. The van der Waals surface area contributed by atoms with Gasteiger partial charge < -0.3 is 14.5 Å². The molecule has 2 fully saturated rings. The molecule has 28 heavy (non-hydrogen) atoms. The molecule has 2 aliphatic heterocycles. The zero-order chi connectivity index (χ0) is 19.5. The SMILES string of the molecule is O=C(CN1CCN(c2cccc(Cl)c2)C1=O)N1CCC(Oc2cnccn2)C1. The number of nitrogens with zero attached hydrogens (tertiary/aromatic N) is 5. The molecule has 8 nitrogen and oxygen atoms in total. The van der Waals surface area contributed by atoms with Crippen molar-refractivity contribution in [3.63, 3.8) is 0 Å². The molecule has 0 bridgehead atoms. The number of benzene rings is 1. The Morgan fingerprint density at radius 3 is 2.93 bits per heavy atom. The van der Waals surface area contributed by atoms with Crippen molar-refractivity contribution in [2.24, 2.45) is 0 Å². The molecule has 0 aliphatic carbocycles. The fourth-order valence-corrected chi connectivity index (χ4v) is 3.63. The van der Waals surface area contributed by atoms with Gasteiger partial charge in [-0.2, -0.15) is 0 Å². The molecule has 0 spiro atoms. The predicted molar refractivity (Wildman–Crippen MR) is 103 cm³/mol. The highest BCUT2D eigenvalue weighted by Crippen LogP contribution is 2.24. The van der Waals surface area contributed by atoms with Crippen LogP contribution in [0.25, 0.3) is 0 Å². The Kier molecular flexibility index (Phi) is 5.29. The van der Waals surface area contributed by atoms with E-state index < -0.39 is 0 Å². The first-order valence-electron chi connectivity index (χ1n) is 9.12. The number of hydrogen-bond acceptors (Lipinski definition) is 5. The number of likely N-dealkylation sites (tertiary alicyclic amines) is 1. The lowest BCUT2D eigenvalue weighted by Gasteiger charge is -2.22. The Morgan fingerprint density at radius 2 is 2.14 bits per heavy atom. The highest BCUT2D eigenvalue weighted by molar-refractivity contribution is 6.30. The highest BCUT2D eigenvalue weighted by Gasteiger charge is 2.34. The van der Waals surface area contributed by atoms with Crippen molar-refractivity contribution < 1.29 is 14.3 Å². The fourth-order valence-electron chi connectivity index (χ4n) is 3.44. The predicted octanol–water partition coefficient (Wildman–Crippen LogP) is 2.05. The Labute approximate surface area is 167 Å². The number of carbonyl (C=O) groups is 2. The lowest BCUT2D eigenvalue weighted by Crippen LogP contribution is -2.42. The van der Waals surface area contributed by atoms with E-state index in [1.807, 2.05) is 6.07 Å². The number of carbonyl (C=O) groups excluding carboxylic acids is 2. The molecular formula is C19H20ClN5O3. The summed E-state index contributed by atoms with van der Waals surface area (Å²) in [5, 5.41) is 0.575. The van der Waals surface area contributed by atoms with Gasteiger partial charge in [0.25, 0.3) is 0 Å². The van der Waals surface area contributed by atoms with Gasteiger partial charge in [-0.3, -0.25) is 14.7 Å². The Bertz CT molecular complexity index is 866. The van der Waals surface area contributed by atoms with E-state index in [0.717, 1.165) is 12.1 Å². The molecule has 2 saturated heterocycles. The number of rotatable bonds is 5. The standard InChI is InChI=1S/C19H20ClN5O3/c20-14-2-1-3-15(10-14)25-9-8-24(19(25)27)13-18(26)23-7-4-16(12-23)28-17-11-21-5-6-22-17/h1-3,5-6,10-11,16H,4,7-9,12-13H2. The van der Waals surface area contributed by atoms with Crippen molar-refractivity contribution in [2.75, 3.05) is 37.6 Å². The van der Waals surface area contributed by atoms with E-state index in [0.29, 0.717) is 37.1 Å². The van der Waals surface area contributed by atoms with Gasteiger partial charge in [0.1, 0.15) is 12.6 Å². The first-order valence-corrected chi connectivity index (χ1v) is 9.50. The Balaban J connectivity index is 1.31. The van der Waals surface area contributed by atoms with Crippen LogP contribution < -0.4 is 9.64 Å². The van der Waals surface area contributed by atoms with Crippen molar-refractivity contribution in [2.45, 2.75) is 12.5 Å². The molecule has 0 radical (unpaired) electrons. The highest BCUT2D eigenvalue weighted by atomic mass is 35.5. The summed E-state index contributed by atoms with van der Waals surface area (Å²) in [5.74, 6) is 0.375. The van der Waals surface area contributed by atoms with Crippen LogP contribution in [0.3, 0.4) is 0 Å². The summed E-state index contributed by atoms with van der Waals surface area (Å²) in [6.07, 6.45) is 5.32. The molecule has 9 heteroatoms. The molecule has 146 valence electrons. The summed E-state index contributed by atoms with van der Waals surface area (Å²) in [6, 6.07) is 6.98. The lowest BCUT2D eigenvalue weighted by atomic mass is 10.3. The molecule has 3 heterocycles. The van der Waals surface area contributed by atoms with Crippen molar-refractivity contribution in [3.05, 3.63) is 47.9 Å². The number of halogens is 1. The van der Waals surface area contributed by atoms with E-state index in [2.05, 4.69) is 9.97 Å². The summed E-state index contributed by atoms with van der Waals surface area (Å²) in [6.45, 7) is 2.18. The number of anilines is 1. The molecule has 4 rings (SSSR count). The first-order chi connectivity index (χ1) is 13.6. The van der Waals surface area contributed by atoms with Crippen LogP contribution in [0, 0.1) is 0 Å². The van der Waals surface area contributed by atoms with Crippen LogP contribution in [0.5, 0.6) is 5.88 Å². The monoisotopic (exact) mass is 401 g/mol. The Hall–Kier alpha value is -2.87. The van der Waals surface area contributed by atoms with Crippen molar-refractivity contribution in [3.8, 4) is 5.88 Å². The minimum absolute atomic E-state index is 0.0633. The van der Waals surface area contributed by atoms with Gasteiger partial charge in [-0.25, -0.2) is 9.78 Å². The second-order valence-corrected chi connectivity index (χ2v) is 7.18. The lowest BCUT2D eigenvalue weighted by molar-refractivity contribution is -0.130. The molecular weight excluding hydrogens is 382 g/mol. The number of amides is 3. The number of aromatic nitrogens is 2. The molecule has 1 atom stereocenters. The van der Waals surface area contributed by atoms with E-state index in [9.17, 15) is 9.59 Å². The van der Waals surface area contributed by atoms with Crippen molar-refractivity contribution in [1.29, 1.82) is 0 Å². The van der Waals surface area contributed by atoms with Gasteiger partial charge >= 0.3 is 6.03 Å². The van der Waals surface area contributed by atoms with Crippen LogP contribution in [-0.2, 0) is 4.79 Å². The Morgan fingerprint density at radius 1 is 1.25 bits per heavy atom. The average Bonchev–Trinajstić information content (AvgIpc) is 3.30. The molecule has 3 amide bonds. The number of ether oxygens (including phenoxy) is 1. The van der Waals surface area contributed by atoms with Crippen LogP contribution in [0.4, 0.5) is 10.5 Å². The van der Waals surface area contributed by atoms with Crippen molar-refractivity contribution in [1.82, 2.24) is 19.8 Å². The van der Waals surface area contributed by atoms with Crippen LogP contribution in [-0.4, -0.2) is 70.5 Å². The maximum Gasteiger partial charge on any atom is 0.325 e. The molecule has 1 aromatic heterocycles. The third-order valence-corrected chi connectivity index (χ3v) is 5.10. The van der Waals surface area contributed by atoms with Crippen molar-refractivity contribution >= 4 is 29.2 Å². The van der Waals surface area contributed by atoms with Crippen LogP contribution in [0.15, 0.2) is 42.9 Å². The van der Waals surface area contributed by atoms with Gasteiger partial charge in [-0.05, 0) is 18.2 Å². The van der Waals surface area contributed by atoms with Crippen LogP contribution in [0.2, 0.25) is 5.02 Å². The summed E-state index contributed by atoms with van der Waals surface area (Å²) >= 11 is 6.02. The van der Waals surface area contributed by atoms with Gasteiger partial charge in [-0.1, -0.05) is 17.7 Å². The second-order valence-electron chi connectivity index (χ2n) is 6.75. The van der Waals surface area contributed by atoms with Gasteiger partial charge in [0.05, 0.1) is 12.7 Å². The van der Waals surface area contributed by atoms with Gasteiger partial charge in [0.2, 0.25) is 11.8 Å². The fraction of sp³-hybridized carbons (Fsp3) is 0.368. The molecule has 0 N–H and O–H groups in total. The van der Waals surface area contributed by atoms with E-state index >= 15 is 0 Å². The summed E-state index contributed by atoms with van der Waals surface area (Å²) < 4.78 is 5.76. The smallest absolute Gasteiger partial charge is 0.325 e. The topological polar surface area (TPSA) is 78.9 Å². The normalized spacial score (nSPS) is 19.4. The van der Waals surface area contributed by atoms with Crippen LogP contribution >= 0.6 is 11.6 Å². The zero-order valence-electron chi connectivity index (χ0n) is 15.2. The number of hydrogen-bond donors (Lipinski definition) is 0. The summed E-state index contributed by atoms with van der Waals surface area (Å²) in [7, 11) is 0. The van der Waals surface area contributed by atoms with E-state index in [1.165, 1.54) is 0 Å². The first kappa shape index (κ1) is 18.5. The summed E-state index contributed by atoms with van der Waals surface area (Å²) in [5.41, 5.74) is 0.742. The minimum Gasteiger partial charge on any atom is -0.471 e. The minimum atomic E-state index is -0.179. The van der Waals surface area contributed by atoms with E-state index in [4.69, 9.17) is 16.3 Å². The summed E-state index contributed by atoms with van der Waals surface area (Å²) in [4.78, 5) is 38.3. The van der Waals surface area contributed by atoms with Gasteiger partial charge in [-0.15, -0.1) is 0 Å². The number of urea groups is 1. The molecule has 0 saturated carbocycles. The maximum absolute atomic E-state index is 12.7. The van der Waals surface area contributed by atoms with E-state index in [-0.39, 0.29) is 24.6 Å². The quantitative estimate of drug-likeness (QED) is 0.766. The molecule has 1 unspecified atom stereocenters. The third-order valence-electron chi connectivity index (χ3n) is 4.87. The zero-order valence-corrected chi connectivity index (χ0v) is 16.0.